The average molecular weight is 503 g/mol. The van der Waals surface area contributed by atoms with E-state index in [4.69, 9.17) is 33.0 Å². The van der Waals surface area contributed by atoms with E-state index in [1.165, 1.54) is 6.26 Å². The number of hydrogen-bond acceptors (Lipinski definition) is 4. The number of oxazole rings is 1. The van der Waals surface area contributed by atoms with Gasteiger partial charge in [-0.25, -0.2) is 4.39 Å². The number of nitrogens with one attached hydrogen (secondary N) is 3. The summed E-state index contributed by atoms with van der Waals surface area (Å²) in [4.78, 5) is 13.2. The van der Waals surface area contributed by atoms with Gasteiger partial charge in [-0.3, -0.25) is 14.8 Å². The summed E-state index contributed by atoms with van der Waals surface area (Å²) in [7, 11) is 0. The van der Waals surface area contributed by atoms with E-state index < -0.39 is 6.17 Å². The van der Waals surface area contributed by atoms with Crippen LogP contribution in [0.2, 0.25) is 0 Å². The number of amides is 1. The number of carbonyl (C=O) groups excluding carboxylic acids is 1. The number of halogens is 3. The lowest BCUT2D eigenvalue weighted by Crippen LogP contribution is -2.57. The third kappa shape index (κ3) is 6.34. The molecule has 1 amide bonds. The fraction of sp³-hybridized carbons (Fsp3) is 0.833. The standard InChI is InChI=1S/C24H37Cl2FN4O2/c1-14-8-17(27)3-4-18(14)21-10-16(13-31-6-7-33-24(31)28)11-22(30-21)23(32)29-12-15-2-5-19(25)20(26)9-15/h6-7,14-22,28,30H,2-5,8-13H2,1H3,(H,29,32). The predicted molar refractivity (Wildman–Crippen MR) is 127 cm³/mol. The summed E-state index contributed by atoms with van der Waals surface area (Å²) in [6.45, 7) is 3.41. The first-order chi connectivity index (χ1) is 15.8. The van der Waals surface area contributed by atoms with E-state index in [0.717, 1.165) is 32.1 Å². The first-order valence-electron chi connectivity index (χ1n) is 12.4. The molecule has 9 heteroatoms. The molecule has 1 aromatic heterocycles. The number of aromatic nitrogens is 1. The average Bonchev–Trinajstić information content (AvgIpc) is 3.18. The van der Waals surface area contributed by atoms with Gasteiger partial charge in [0.2, 0.25) is 5.91 Å². The van der Waals surface area contributed by atoms with Crippen LogP contribution < -0.4 is 16.3 Å². The van der Waals surface area contributed by atoms with E-state index in [0.29, 0.717) is 44.2 Å². The fourth-order valence-corrected chi connectivity index (χ4v) is 6.81. The first-order valence-corrected chi connectivity index (χ1v) is 13.3. The second-order valence-corrected chi connectivity index (χ2v) is 11.7. The number of nitrogens with zero attached hydrogens (tertiary/aromatic N) is 1. The van der Waals surface area contributed by atoms with Gasteiger partial charge in [-0.1, -0.05) is 6.92 Å². The molecular formula is C24H37Cl2FN4O2. The molecule has 2 aliphatic carbocycles. The molecule has 9 unspecified atom stereocenters. The van der Waals surface area contributed by atoms with Gasteiger partial charge >= 0.3 is 0 Å². The molecule has 1 saturated heterocycles. The second-order valence-electron chi connectivity index (χ2n) is 10.5. The van der Waals surface area contributed by atoms with Crippen molar-refractivity contribution < 1.29 is 13.6 Å². The van der Waals surface area contributed by atoms with Crippen molar-refractivity contribution in [2.45, 2.75) is 93.8 Å². The third-order valence-corrected chi connectivity index (χ3v) is 9.21. The molecular weight excluding hydrogens is 466 g/mol. The Kier molecular flexibility index (Phi) is 8.45. The van der Waals surface area contributed by atoms with Crippen molar-refractivity contribution in [2.24, 2.45) is 23.7 Å². The van der Waals surface area contributed by atoms with Crippen molar-refractivity contribution in [3.63, 3.8) is 0 Å². The zero-order valence-corrected chi connectivity index (χ0v) is 20.8. The number of hydrogen-bond donors (Lipinski definition) is 3. The fourth-order valence-electron chi connectivity index (χ4n) is 6.20. The van der Waals surface area contributed by atoms with Gasteiger partial charge in [0.05, 0.1) is 11.4 Å². The molecule has 1 aromatic rings. The molecule has 0 bridgehead atoms. The van der Waals surface area contributed by atoms with E-state index in [2.05, 4.69) is 17.6 Å². The minimum atomic E-state index is -0.712. The molecule has 2 heterocycles. The van der Waals surface area contributed by atoms with Crippen LogP contribution in [0.15, 0.2) is 16.9 Å². The largest absolute Gasteiger partial charge is 0.432 e. The SMILES string of the molecule is CC1CC(F)CCC1C1CC(Cn2ccoc2=N)CC(C(=O)NCC2CCC(Cl)C(Cl)C2)N1. The van der Waals surface area contributed by atoms with Gasteiger partial charge in [-0.05, 0) is 75.0 Å². The molecule has 3 aliphatic rings. The van der Waals surface area contributed by atoms with E-state index in [9.17, 15) is 9.18 Å². The molecule has 6 nitrogen and oxygen atoms in total. The van der Waals surface area contributed by atoms with Crippen LogP contribution in [0.25, 0.3) is 0 Å². The highest BCUT2D eigenvalue weighted by atomic mass is 35.5. The smallest absolute Gasteiger partial charge is 0.293 e. The normalized spacial score (nSPS) is 39.8. The maximum Gasteiger partial charge on any atom is 0.293 e. The van der Waals surface area contributed by atoms with Gasteiger partial charge < -0.3 is 15.1 Å². The summed E-state index contributed by atoms with van der Waals surface area (Å²) in [5.74, 6) is 1.27. The minimum Gasteiger partial charge on any atom is -0.432 e. The lowest BCUT2D eigenvalue weighted by atomic mass is 9.71. The van der Waals surface area contributed by atoms with Crippen molar-refractivity contribution in [1.82, 2.24) is 15.2 Å². The van der Waals surface area contributed by atoms with Crippen LogP contribution in [0.3, 0.4) is 0 Å². The van der Waals surface area contributed by atoms with Crippen molar-refractivity contribution in [3.8, 4) is 0 Å². The molecule has 186 valence electrons. The predicted octanol–water partition coefficient (Wildman–Crippen LogP) is 4.20. The Morgan fingerprint density at radius 2 is 2.00 bits per heavy atom. The summed E-state index contributed by atoms with van der Waals surface area (Å²) in [6.07, 6.45) is 8.96. The zero-order valence-electron chi connectivity index (χ0n) is 19.3. The van der Waals surface area contributed by atoms with Gasteiger partial charge in [-0.15, -0.1) is 23.2 Å². The van der Waals surface area contributed by atoms with Crippen LogP contribution in [0.1, 0.15) is 58.3 Å². The van der Waals surface area contributed by atoms with Gasteiger partial charge in [0, 0.05) is 30.7 Å². The van der Waals surface area contributed by atoms with Gasteiger partial charge in [0.25, 0.3) is 5.68 Å². The Bertz CT molecular complexity index is 848. The van der Waals surface area contributed by atoms with Crippen LogP contribution in [-0.4, -0.2) is 46.0 Å². The van der Waals surface area contributed by atoms with Gasteiger partial charge in [-0.2, -0.15) is 0 Å². The van der Waals surface area contributed by atoms with Crippen molar-refractivity contribution >= 4 is 29.1 Å². The highest BCUT2D eigenvalue weighted by Gasteiger charge is 2.40. The molecule has 0 radical (unpaired) electrons. The number of piperidine rings is 1. The Balaban J connectivity index is 1.40. The van der Waals surface area contributed by atoms with Gasteiger partial charge in [0.15, 0.2) is 0 Å². The number of alkyl halides is 3. The molecule has 0 aromatic carbocycles. The Morgan fingerprint density at radius 1 is 1.18 bits per heavy atom. The molecule has 3 fully saturated rings. The van der Waals surface area contributed by atoms with Crippen LogP contribution in [0.4, 0.5) is 4.39 Å². The second kappa shape index (κ2) is 11.1. The summed E-state index contributed by atoms with van der Waals surface area (Å²) in [6, 6.07) is -0.121. The third-order valence-electron chi connectivity index (χ3n) is 8.08. The summed E-state index contributed by atoms with van der Waals surface area (Å²) in [5.41, 5.74) is 0.128. The molecule has 0 spiro atoms. The summed E-state index contributed by atoms with van der Waals surface area (Å²) < 4.78 is 20.9. The van der Waals surface area contributed by atoms with Crippen LogP contribution >= 0.6 is 23.2 Å². The Morgan fingerprint density at radius 3 is 2.70 bits per heavy atom. The monoisotopic (exact) mass is 502 g/mol. The molecule has 9 atom stereocenters. The molecule has 4 rings (SSSR count). The zero-order chi connectivity index (χ0) is 23.5. The van der Waals surface area contributed by atoms with Crippen molar-refractivity contribution in [1.29, 1.82) is 5.41 Å². The molecule has 1 aliphatic heterocycles. The first kappa shape index (κ1) is 25.1. The summed E-state index contributed by atoms with van der Waals surface area (Å²) >= 11 is 12.6. The van der Waals surface area contributed by atoms with Crippen LogP contribution in [0, 0.1) is 29.1 Å². The highest BCUT2D eigenvalue weighted by Crippen LogP contribution is 2.38. The Hall–Kier alpha value is -1.05. The van der Waals surface area contributed by atoms with E-state index in [-0.39, 0.29) is 46.3 Å². The quantitative estimate of drug-likeness (QED) is 0.509. The van der Waals surface area contributed by atoms with Crippen molar-refractivity contribution in [3.05, 3.63) is 18.1 Å². The maximum atomic E-state index is 13.9. The summed E-state index contributed by atoms with van der Waals surface area (Å²) in [5, 5.41) is 14.7. The highest BCUT2D eigenvalue weighted by molar-refractivity contribution is 6.30. The number of carbonyl (C=O) groups is 1. The molecule has 2 saturated carbocycles. The lowest BCUT2D eigenvalue weighted by Gasteiger charge is -2.43. The Labute approximate surface area is 205 Å². The minimum absolute atomic E-state index is 0.0175. The molecule has 33 heavy (non-hydrogen) atoms. The van der Waals surface area contributed by atoms with E-state index in [1.807, 2.05) is 0 Å². The maximum absolute atomic E-state index is 13.9. The number of rotatable bonds is 6. The molecule has 3 N–H and O–H groups in total. The topological polar surface area (TPSA) is 83.0 Å². The van der Waals surface area contributed by atoms with Crippen molar-refractivity contribution in [2.75, 3.05) is 6.54 Å². The van der Waals surface area contributed by atoms with Gasteiger partial charge in [0.1, 0.15) is 12.4 Å². The van der Waals surface area contributed by atoms with E-state index >= 15 is 0 Å². The van der Waals surface area contributed by atoms with E-state index in [1.54, 1.807) is 10.8 Å². The van der Waals surface area contributed by atoms with Crippen LogP contribution in [0.5, 0.6) is 0 Å². The lowest BCUT2D eigenvalue weighted by molar-refractivity contribution is -0.125. The van der Waals surface area contributed by atoms with Crippen LogP contribution in [-0.2, 0) is 11.3 Å².